The van der Waals surface area contributed by atoms with Gasteiger partial charge in [0.25, 0.3) is 0 Å². The number of aliphatic hydroxyl groups excluding tert-OH is 1. The summed E-state index contributed by atoms with van der Waals surface area (Å²) in [4.78, 5) is 66.7. The van der Waals surface area contributed by atoms with Gasteiger partial charge in [0.15, 0.2) is 34.7 Å². The lowest BCUT2D eigenvalue weighted by Crippen LogP contribution is -2.74. The Bertz CT molecular complexity index is 1210. The van der Waals surface area contributed by atoms with Crippen LogP contribution in [0.2, 0.25) is 0 Å². The Morgan fingerprint density at radius 1 is 1.21 bits per heavy atom. The number of hydrogen-bond donors (Lipinski definition) is 4. The van der Waals surface area contributed by atoms with E-state index < -0.39 is 71.0 Å². The molecule has 10 heteroatoms. The fourth-order valence-corrected chi connectivity index (χ4v) is 5.86. The number of primary amides is 1. The number of benzene rings is 1. The number of fused-ring (bicyclic) bond motifs is 3. The number of amides is 1. The molecule has 5 N–H and O–H groups in total. The number of phenolic OH excluding ortho intramolecular Hbond substituents is 1. The number of rotatable bonds is 2. The van der Waals surface area contributed by atoms with Gasteiger partial charge in [-0.3, -0.25) is 28.9 Å². The molecule has 6 atom stereocenters. The molecule has 0 aromatic heterocycles. The number of carbonyl (C=O) groups excluding carboxylic acids is 5. The summed E-state index contributed by atoms with van der Waals surface area (Å²) in [7, 11) is 3.05. The van der Waals surface area contributed by atoms with Crippen molar-refractivity contribution in [2.75, 3.05) is 20.7 Å². The molecule has 2 unspecified atom stereocenters. The van der Waals surface area contributed by atoms with Crippen LogP contribution in [0, 0.1) is 35.5 Å². The smallest absolute Gasteiger partial charge is 0.235 e. The first kappa shape index (κ1) is 23.8. The second-order valence-corrected chi connectivity index (χ2v) is 9.24. The molecule has 3 aliphatic carbocycles. The molecule has 0 saturated heterocycles. The van der Waals surface area contributed by atoms with E-state index in [4.69, 9.17) is 10.8 Å². The first-order valence-electron chi connectivity index (χ1n) is 10.8. The van der Waals surface area contributed by atoms with E-state index in [0.717, 1.165) is 0 Å². The Hall–Kier alpha value is -3.39. The van der Waals surface area contributed by atoms with Crippen molar-refractivity contribution < 1.29 is 39.3 Å². The predicted molar refractivity (Wildman–Crippen MR) is 115 cm³/mol. The van der Waals surface area contributed by atoms with E-state index in [1.807, 2.05) is 0 Å². The Balaban J connectivity index is 1.88. The van der Waals surface area contributed by atoms with Crippen LogP contribution in [-0.2, 0) is 25.6 Å². The first-order chi connectivity index (χ1) is 16.0. The second-order valence-electron chi connectivity index (χ2n) is 9.24. The van der Waals surface area contributed by atoms with Crippen LogP contribution in [0.5, 0.6) is 5.75 Å². The topological polar surface area (TPSA) is 175 Å². The number of aromatic hydroxyl groups is 1. The zero-order valence-corrected chi connectivity index (χ0v) is 18.6. The highest BCUT2D eigenvalue weighted by atomic mass is 16.3. The molecule has 2 saturated carbocycles. The van der Waals surface area contributed by atoms with Gasteiger partial charge in [0.2, 0.25) is 5.91 Å². The molecular formula is C24H24N2O8. The minimum atomic E-state index is -2.75. The van der Waals surface area contributed by atoms with Crippen LogP contribution in [-0.4, -0.2) is 81.6 Å². The molecule has 34 heavy (non-hydrogen) atoms. The van der Waals surface area contributed by atoms with E-state index >= 15 is 0 Å². The third-order valence-electron chi connectivity index (χ3n) is 7.25. The third kappa shape index (κ3) is 3.12. The molecule has 3 aliphatic rings. The summed E-state index contributed by atoms with van der Waals surface area (Å²) >= 11 is 0. The maximum Gasteiger partial charge on any atom is 0.235 e. The number of Topliss-reactive ketones (excluding diaryl/α,β-unsaturated/α-hetero) is 4. The minimum Gasteiger partial charge on any atom is -0.507 e. The van der Waals surface area contributed by atoms with Crippen molar-refractivity contribution in [1.29, 1.82) is 0 Å². The molecule has 178 valence electrons. The fraction of sp³-hybridized carbons (Fsp3) is 0.458. The van der Waals surface area contributed by atoms with E-state index in [9.17, 15) is 34.2 Å². The average molecular weight is 468 g/mol. The Labute approximate surface area is 194 Å². The van der Waals surface area contributed by atoms with Crippen molar-refractivity contribution >= 4 is 29.0 Å². The van der Waals surface area contributed by atoms with Gasteiger partial charge in [-0.1, -0.05) is 11.8 Å². The Morgan fingerprint density at radius 2 is 1.88 bits per heavy atom. The summed E-state index contributed by atoms with van der Waals surface area (Å²) in [6.07, 6.45) is 0.0854. The quantitative estimate of drug-likeness (QED) is 0.288. The van der Waals surface area contributed by atoms with Crippen molar-refractivity contribution in [3.63, 3.8) is 0 Å². The zero-order valence-electron chi connectivity index (χ0n) is 18.6. The molecule has 2 fully saturated rings. The van der Waals surface area contributed by atoms with Gasteiger partial charge in [-0.2, -0.15) is 0 Å². The number of hydrogen-bond acceptors (Lipinski definition) is 9. The molecule has 0 aliphatic heterocycles. The third-order valence-corrected chi connectivity index (χ3v) is 7.25. The van der Waals surface area contributed by atoms with Gasteiger partial charge in [-0.25, -0.2) is 0 Å². The van der Waals surface area contributed by atoms with E-state index in [2.05, 4.69) is 11.8 Å². The van der Waals surface area contributed by atoms with Crippen molar-refractivity contribution in [2.24, 2.45) is 29.4 Å². The summed E-state index contributed by atoms with van der Waals surface area (Å²) < 4.78 is 0. The predicted octanol–water partition coefficient (Wildman–Crippen LogP) is -1.79. The SMILES string of the molecule is CN(C)[C@@H]1C(=O)C(C(N)=O)C(=O)[C@@]2(O)C(=O)C3C(=O)c4c(O)ccc(C#CCO)c4C[C@H]3C[C@@H]12. The Morgan fingerprint density at radius 3 is 2.47 bits per heavy atom. The van der Waals surface area contributed by atoms with Crippen molar-refractivity contribution in [2.45, 2.75) is 24.5 Å². The number of likely N-dealkylation sites (N-methyl/N-ethyl adjacent to an activating group) is 1. The zero-order chi connectivity index (χ0) is 25.1. The minimum absolute atomic E-state index is 0.0353. The maximum atomic E-state index is 13.6. The normalized spacial score (nSPS) is 32.4. The molecule has 0 bridgehead atoms. The molecule has 1 amide bonds. The van der Waals surface area contributed by atoms with Gasteiger partial charge in [0.1, 0.15) is 12.4 Å². The van der Waals surface area contributed by atoms with Gasteiger partial charge in [-0.15, -0.1) is 0 Å². The number of nitrogens with zero attached hydrogens (tertiary/aromatic N) is 1. The summed E-state index contributed by atoms with van der Waals surface area (Å²) in [5.74, 6) is -5.69. The number of nitrogens with two attached hydrogens (primary N) is 1. The van der Waals surface area contributed by atoms with Crippen LogP contribution >= 0.6 is 0 Å². The van der Waals surface area contributed by atoms with Crippen LogP contribution in [0.1, 0.15) is 27.9 Å². The largest absolute Gasteiger partial charge is 0.507 e. The molecule has 0 radical (unpaired) electrons. The molecular weight excluding hydrogens is 444 g/mol. The first-order valence-corrected chi connectivity index (χ1v) is 10.8. The van der Waals surface area contributed by atoms with Crippen LogP contribution in [0.15, 0.2) is 12.1 Å². The summed E-state index contributed by atoms with van der Waals surface area (Å²) in [5.41, 5.74) is 3.20. The summed E-state index contributed by atoms with van der Waals surface area (Å²) in [6, 6.07) is 1.59. The Kier molecular flexibility index (Phi) is 5.68. The van der Waals surface area contributed by atoms with Gasteiger partial charge >= 0.3 is 0 Å². The standard InChI is InChI=1S/C24H24N2O8/c1-26(2)18-13-9-11-8-12-10(4-3-7-27)5-6-14(28)16(12)19(29)15(11)21(31)24(13,34)22(32)17(20(18)30)23(25)33/h5-6,11,13,15,17-18,27-28,34H,7-9H2,1-2H3,(H2,25,33)/t11-,13-,15?,17?,18-,24-/m0/s1. The number of aliphatic hydroxyl groups is 2. The van der Waals surface area contributed by atoms with Crippen molar-refractivity contribution in [1.82, 2.24) is 4.90 Å². The van der Waals surface area contributed by atoms with Gasteiger partial charge in [0.05, 0.1) is 17.5 Å². The molecule has 0 spiro atoms. The van der Waals surface area contributed by atoms with Gasteiger partial charge in [-0.05, 0) is 50.6 Å². The van der Waals surface area contributed by atoms with E-state index in [0.29, 0.717) is 11.1 Å². The second kappa shape index (κ2) is 8.13. The maximum absolute atomic E-state index is 13.6. The highest BCUT2D eigenvalue weighted by Crippen LogP contribution is 2.50. The molecule has 10 nitrogen and oxygen atoms in total. The average Bonchev–Trinajstić information content (AvgIpc) is 2.75. The highest BCUT2D eigenvalue weighted by molar-refractivity contribution is 6.32. The lowest BCUT2D eigenvalue weighted by molar-refractivity contribution is -0.181. The molecule has 1 aromatic carbocycles. The summed E-state index contributed by atoms with van der Waals surface area (Å²) in [5, 5.41) is 30.9. The van der Waals surface area contributed by atoms with Gasteiger partial charge in [0, 0.05) is 11.5 Å². The molecule has 4 rings (SSSR count). The van der Waals surface area contributed by atoms with Gasteiger partial charge < -0.3 is 21.1 Å². The lowest BCUT2D eigenvalue weighted by atomic mass is 9.52. The van der Waals surface area contributed by atoms with E-state index in [1.165, 1.54) is 31.1 Å². The van der Waals surface area contributed by atoms with Crippen molar-refractivity contribution in [3.05, 3.63) is 28.8 Å². The van der Waals surface area contributed by atoms with Crippen LogP contribution in [0.4, 0.5) is 0 Å². The van der Waals surface area contributed by atoms with E-state index in [1.54, 1.807) is 0 Å². The van der Waals surface area contributed by atoms with Crippen LogP contribution in [0.3, 0.4) is 0 Å². The number of phenols is 1. The lowest BCUT2D eigenvalue weighted by Gasteiger charge is -2.52. The molecule has 0 heterocycles. The fourth-order valence-electron chi connectivity index (χ4n) is 5.86. The number of carbonyl (C=O) groups is 5. The highest BCUT2D eigenvalue weighted by Gasteiger charge is 2.69. The summed E-state index contributed by atoms with van der Waals surface area (Å²) in [6.45, 7) is -0.418. The monoisotopic (exact) mass is 468 g/mol. The molecule has 1 aromatic rings. The van der Waals surface area contributed by atoms with E-state index in [-0.39, 0.29) is 24.2 Å². The van der Waals surface area contributed by atoms with Crippen LogP contribution in [0.25, 0.3) is 0 Å². The number of ketones is 4. The van der Waals surface area contributed by atoms with Crippen molar-refractivity contribution in [3.8, 4) is 17.6 Å². The van der Waals surface area contributed by atoms with Crippen LogP contribution < -0.4 is 5.73 Å².